The zero-order valence-corrected chi connectivity index (χ0v) is 6.47. The van der Waals surface area contributed by atoms with E-state index in [1.807, 2.05) is 7.05 Å². The molecule has 0 aliphatic carbocycles. The Kier molecular flexibility index (Phi) is 2.29. The molecule has 1 aromatic rings. The number of aliphatic hydroxyl groups excluding tert-OH is 1. The van der Waals surface area contributed by atoms with Gasteiger partial charge >= 0.3 is 0 Å². The molecule has 10 heavy (non-hydrogen) atoms. The van der Waals surface area contributed by atoms with Gasteiger partial charge in [-0.25, -0.2) is 4.98 Å². The minimum Gasteiger partial charge on any atom is -0.396 e. The molecule has 0 amide bonds. The van der Waals surface area contributed by atoms with E-state index in [9.17, 15) is 0 Å². The van der Waals surface area contributed by atoms with Crippen LogP contribution in [0.3, 0.4) is 0 Å². The Morgan fingerprint density at radius 3 is 2.90 bits per heavy atom. The molecule has 4 heteroatoms. The maximum Gasteiger partial charge on any atom is 0.150 e. The Hall–Kier alpha value is -0.540. The number of hydrogen-bond donors (Lipinski definition) is 1. The van der Waals surface area contributed by atoms with Crippen molar-refractivity contribution in [1.82, 2.24) is 9.55 Å². The van der Waals surface area contributed by atoms with E-state index in [2.05, 4.69) is 4.98 Å². The molecule has 0 saturated heterocycles. The van der Waals surface area contributed by atoms with E-state index in [0.717, 1.165) is 5.69 Å². The highest BCUT2D eigenvalue weighted by molar-refractivity contribution is 6.30. The van der Waals surface area contributed by atoms with E-state index in [0.29, 0.717) is 11.6 Å². The largest absolute Gasteiger partial charge is 0.396 e. The summed E-state index contributed by atoms with van der Waals surface area (Å²) in [4.78, 5) is 3.85. The SMILES string of the molecule is Cn1cnc(Cl)c1CCO. The summed E-state index contributed by atoms with van der Waals surface area (Å²) in [6, 6.07) is 0. The molecule has 0 aliphatic rings. The van der Waals surface area contributed by atoms with Crippen molar-refractivity contribution in [2.75, 3.05) is 6.61 Å². The molecule has 1 rings (SSSR count). The first-order valence-corrected chi connectivity index (χ1v) is 3.40. The maximum atomic E-state index is 8.59. The van der Waals surface area contributed by atoms with Gasteiger partial charge in [0.2, 0.25) is 0 Å². The molecule has 1 aromatic heterocycles. The van der Waals surface area contributed by atoms with E-state index in [1.165, 1.54) is 0 Å². The van der Waals surface area contributed by atoms with Gasteiger partial charge in [-0.1, -0.05) is 11.6 Å². The van der Waals surface area contributed by atoms with Crippen LogP contribution in [0.4, 0.5) is 0 Å². The molecular formula is C6H9ClN2O. The van der Waals surface area contributed by atoms with Crippen molar-refractivity contribution in [2.45, 2.75) is 6.42 Å². The quantitative estimate of drug-likeness (QED) is 0.689. The fourth-order valence-corrected chi connectivity index (χ4v) is 1.08. The van der Waals surface area contributed by atoms with Crippen LogP contribution in [0.5, 0.6) is 0 Å². The fraction of sp³-hybridized carbons (Fsp3) is 0.500. The van der Waals surface area contributed by atoms with Gasteiger partial charge in [-0.3, -0.25) is 0 Å². The lowest BCUT2D eigenvalue weighted by molar-refractivity contribution is 0.297. The van der Waals surface area contributed by atoms with Gasteiger partial charge in [0.1, 0.15) is 5.15 Å². The molecule has 0 fully saturated rings. The molecular weight excluding hydrogens is 152 g/mol. The molecule has 3 nitrogen and oxygen atoms in total. The number of aromatic nitrogens is 2. The summed E-state index contributed by atoms with van der Waals surface area (Å²) in [6.07, 6.45) is 2.20. The van der Waals surface area contributed by atoms with Crippen molar-refractivity contribution in [1.29, 1.82) is 0 Å². The first kappa shape index (κ1) is 7.57. The highest BCUT2D eigenvalue weighted by Crippen LogP contribution is 2.11. The van der Waals surface area contributed by atoms with Crippen LogP contribution >= 0.6 is 11.6 Å². The van der Waals surface area contributed by atoms with E-state index < -0.39 is 0 Å². The lowest BCUT2D eigenvalue weighted by Gasteiger charge is -1.97. The number of nitrogens with zero attached hydrogens (tertiary/aromatic N) is 2. The van der Waals surface area contributed by atoms with Crippen LogP contribution < -0.4 is 0 Å². The standard InChI is InChI=1S/C6H9ClN2O/c1-9-4-8-6(7)5(9)2-3-10/h4,10H,2-3H2,1H3. The van der Waals surface area contributed by atoms with Crippen LogP contribution in [0, 0.1) is 0 Å². The van der Waals surface area contributed by atoms with E-state index >= 15 is 0 Å². The third kappa shape index (κ3) is 1.30. The lowest BCUT2D eigenvalue weighted by Crippen LogP contribution is -1.98. The normalized spacial score (nSPS) is 10.3. The number of halogens is 1. The Morgan fingerprint density at radius 2 is 2.50 bits per heavy atom. The minimum absolute atomic E-state index is 0.110. The molecule has 0 aromatic carbocycles. The zero-order valence-electron chi connectivity index (χ0n) is 5.71. The highest BCUT2D eigenvalue weighted by atomic mass is 35.5. The van der Waals surface area contributed by atoms with Crippen LogP contribution in [0.2, 0.25) is 5.15 Å². The van der Waals surface area contributed by atoms with Crippen molar-refractivity contribution in [3.8, 4) is 0 Å². The summed E-state index contributed by atoms with van der Waals surface area (Å²) in [5.41, 5.74) is 0.879. The van der Waals surface area contributed by atoms with Gasteiger partial charge in [0, 0.05) is 20.1 Å². The first-order chi connectivity index (χ1) is 4.75. The summed E-state index contributed by atoms with van der Waals surface area (Å²) < 4.78 is 1.80. The zero-order chi connectivity index (χ0) is 7.56. The van der Waals surface area contributed by atoms with E-state index in [1.54, 1.807) is 10.9 Å². The van der Waals surface area contributed by atoms with E-state index in [-0.39, 0.29) is 6.61 Å². The molecule has 1 heterocycles. The molecule has 0 spiro atoms. The summed E-state index contributed by atoms with van der Waals surface area (Å²) in [6.45, 7) is 0.110. The monoisotopic (exact) mass is 160 g/mol. The van der Waals surface area contributed by atoms with Crippen molar-refractivity contribution < 1.29 is 5.11 Å². The topological polar surface area (TPSA) is 38.0 Å². The lowest BCUT2D eigenvalue weighted by atomic mass is 10.3. The number of hydrogen-bond acceptors (Lipinski definition) is 2. The van der Waals surface area contributed by atoms with Gasteiger partial charge in [0.25, 0.3) is 0 Å². The number of aliphatic hydroxyl groups is 1. The Bertz CT molecular complexity index is 202. The number of imidazole rings is 1. The second kappa shape index (κ2) is 3.03. The summed E-state index contributed by atoms with van der Waals surface area (Å²) in [7, 11) is 1.85. The van der Waals surface area contributed by atoms with Crippen molar-refractivity contribution in [2.24, 2.45) is 7.05 Å². The van der Waals surface area contributed by atoms with Crippen LogP contribution in [0.1, 0.15) is 5.69 Å². The van der Waals surface area contributed by atoms with Gasteiger partial charge < -0.3 is 9.67 Å². The van der Waals surface area contributed by atoms with Crippen molar-refractivity contribution in [3.05, 3.63) is 17.2 Å². The molecule has 0 aliphatic heterocycles. The van der Waals surface area contributed by atoms with Crippen molar-refractivity contribution >= 4 is 11.6 Å². The first-order valence-electron chi connectivity index (χ1n) is 3.02. The third-order valence-electron chi connectivity index (χ3n) is 1.36. The predicted octanol–water partition coefficient (Wildman–Crippen LogP) is 0.608. The second-order valence-corrected chi connectivity index (χ2v) is 2.42. The highest BCUT2D eigenvalue weighted by Gasteiger charge is 2.03. The smallest absolute Gasteiger partial charge is 0.150 e. The van der Waals surface area contributed by atoms with Crippen LogP contribution in [-0.4, -0.2) is 21.3 Å². The average molecular weight is 161 g/mol. The second-order valence-electron chi connectivity index (χ2n) is 2.07. The minimum atomic E-state index is 0.110. The molecule has 1 N–H and O–H groups in total. The molecule has 56 valence electrons. The van der Waals surface area contributed by atoms with Crippen molar-refractivity contribution in [3.63, 3.8) is 0 Å². The average Bonchev–Trinajstić information content (AvgIpc) is 2.20. The third-order valence-corrected chi connectivity index (χ3v) is 1.67. The molecule has 0 atom stereocenters. The Morgan fingerprint density at radius 1 is 1.80 bits per heavy atom. The number of aryl methyl sites for hydroxylation is 1. The van der Waals surface area contributed by atoms with Crippen LogP contribution in [0.15, 0.2) is 6.33 Å². The Balaban J connectivity index is 2.87. The van der Waals surface area contributed by atoms with Gasteiger partial charge in [0.15, 0.2) is 0 Å². The summed E-state index contributed by atoms with van der Waals surface area (Å²) in [5, 5.41) is 9.07. The van der Waals surface area contributed by atoms with Crippen LogP contribution in [0.25, 0.3) is 0 Å². The van der Waals surface area contributed by atoms with Crippen LogP contribution in [-0.2, 0) is 13.5 Å². The molecule has 0 saturated carbocycles. The van der Waals surface area contributed by atoms with Gasteiger partial charge in [0.05, 0.1) is 12.0 Å². The molecule has 0 unspecified atom stereocenters. The maximum absolute atomic E-state index is 8.59. The summed E-state index contributed by atoms with van der Waals surface area (Å²) in [5.74, 6) is 0. The van der Waals surface area contributed by atoms with Gasteiger partial charge in [-0.15, -0.1) is 0 Å². The van der Waals surface area contributed by atoms with Gasteiger partial charge in [-0.2, -0.15) is 0 Å². The predicted molar refractivity (Wildman–Crippen MR) is 39.0 cm³/mol. The summed E-state index contributed by atoms with van der Waals surface area (Å²) >= 11 is 5.68. The van der Waals surface area contributed by atoms with E-state index in [4.69, 9.17) is 16.7 Å². The fourth-order valence-electron chi connectivity index (χ4n) is 0.812. The van der Waals surface area contributed by atoms with Gasteiger partial charge in [-0.05, 0) is 0 Å². The molecule has 0 bridgehead atoms. The molecule has 0 radical (unpaired) electrons. The number of rotatable bonds is 2. The Labute approximate surface area is 64.3 Å².